The smallest absolute Gasteiger partial charge is 0.241 e. The van der Waals surface area contributed by atoms with Crippen LogP contribution in [-0.4, -0.2) is 32.7 Å². The van der Waals surface area contributed by atoms with Gasteiger partial charge >= 0.3 is 0 Å². The van der Waals surface area contributed by atoms with Crippen molar-refractivity contribution in [2.75, 3.05) is 18.5 Å². The second-order valence-electron chi connectivity index (χ2n) is 6.66. The van der Waals surface area contributed by atoms with Crippen LogP contribution in [0.1, 0.15) is 29.5 Å². The van der Waals surface area contributed by atoms with E-state index in [1.165, 1.54) is 0 Å². The summed E-state index contributed by atoms with van der Waals surface area (Å²) in [6.45, 7) is 6.08. The Balaban J connectivity index is 2.18. The quantitative estimate of drug-likeness (QED) is 0.628. The highest BCUT2D eigenvalue weighted by atomic mass is 32.2. The zero-order valence-electron chi connectivity index (χ0n) is 15.6. The molecule has 1 atom stereocenters. The van der Waals surface area contributed by atoms with Crippen molar-refractivity contribution in [1.29, 1.82) is 0 Å². The summed E-state index contributed by atoms with van der Waals surface area (Å²) in [5.74, 6) is 0. The Morgan fingerprint density at radius 2 is 1.65 bits per heavy atom. The minimum absolute atomic E-state index is 0.0339. The van der Waals surface area contributed by atoms with Gasteiger partial charge in [0.25, 0.3) is 0 Å². The Bertz CT molecular complexity index is 797. The lowest BCUT2D eigenvalue weighted by molar-refractivity contribution is 0.278. The summed E-state index contributed by atoms with van der Waals surface area (Å²) in [7, 11) is -3.64. The van der Waals surface area contributed by atoms with E-state index in [4.69, 9.17) is 5.11 Å². The molecule has 2 aromatic carbocycles. The number of hydrogen-bond acceptors (Lipinski definition) is 4. The summed E-state index contributed by atoms with van der Waals surface area (Å²) in [4.78, 5) is 0.344. The van der Waals surface area contributed by atoms with Gasteiger partial charge in [0.05, 0.1) is 4.90 Å². The zero-order valence-corrected chi connectivity index (χ0v) is 16.4. The third-order valence-corrected chi connectivity index (χ3v) is 6.06. The average Bonchev–Trinajstić information content (AvgIpc) is 2.56. The van der Waals surface area contributed by atoms with Crippen LogP contribution in [0.5, 0.6) is 0 Å². The van der Waals surface area contributed by atoms with Crippen LogP contribution in [0.4, 0.5) is 5.69 Å². The van der Waals surface area contributed by atoms with Crippen molar-refractivity contribution in [2.45, 2.75) is 44.6 Å². The first-order valence-corrected chi connectivity index (χ1v) is 10.3. The molecule has 3 N–H and O–H groups in total. The molecule has 0 bridgehead atoms. The number of sulfonamides is 1. The van der Waals surface area contributed by atoms with Gasteiger partial charge in [-0.1, -0.05) is 35.9 Å². The lowest BCUT2D eigenvalue weighted by atomic mass is 10.1. The van der Waals surface area contributed by atoms with E-state index >= 15 is 0 Å². The number of hydrogen-bond donors (Lipinski definition) is 3. The van der Waals surface area contributed by atoms with Crippen molar-refractivity contribution in [3.63, 3.8) is 0 Å². The number of para-hydroxylation sites is 1. The minimum atomic E-state index is -3.64. The van der Waals surface area contributed by atoms with Gasteiger partial charge in [-0.2, -0.15) is 0 Å². The Kier molecular flexibility index (Phi) is 7.20. The predicted octanol–water partition coefficient (Wildman–Crippen LogP) is 3.14. The molecule has 0 saturated carbocycles. The van der Waals surface area contributed by atoms with Crippen LogP contribution in [0.3, 0.4) is 0 Å². The molecule has 142 valence electrons. The van der Waals surface area contributed by atoms with E-state index in [1.807, 2.05) is 63.2 Å². The third-order valence-electron chi connectivity index (χ3n) is 4.23. The number of anilines is 1. The molecule has 0 spiro atoms. The van der Waals surface area contributed by atoms with E-state index in [9.17, 15) is 8.42 Å². The van der Waals surface area contributed by atoms with Gasteiger partial charge in [0, 0.05) is 24.9 Å². The molecule has 1 unspecified atom stereocenters. The summed E-state index contributed by atoms with van der Waals surface area (Å²) in [5.41, 5.74) is 3.46. The summed E-state index contributed by atoms with van der Waals surface area (Å²) >= 11 is 0. The molecule has 0 aromatic heterocycles. The van der Waals surface area contributed by atoms with Crippen molar-refractivity contribution in [3.05, 3.63) is 59.2 Å². The molecule has 0 saturated heterocycles. The first kappa shape index (κ1) is 20.4. The normalized spacial score (nSPS) is 12.8. The molecule has 0 radical (unpaired) electrons. The van der Waals surface area contributed by atoms with Gasteiger partial charge in [0.2, 0.25) is 10.0 Å². The molecule has 5 nitrogen and oxygen atoms in total. The van der Waals surface area contributed by atoms with E-state index < -0.39 is 10.0 Å². The maximum absolute atomic E-state index is 13.0. The van der Waals surface area contributed by atoms with Gasteiger partial charge in [-0.25, -0.2) is 13.1 Å². The van der Waals surface area contributed by atoms with Crippen molar-refractivity contribution in [1.82, 2.24) is 4.72 Å². The van der Waals surface area contributed by atoms with Gasteiger partial charge < -0.3 is 10.4 Å². The molecule has 0 aliphatic rings. The first-order chi connectivity index (χ1) is 12.3. The van der Waals surface area contributed by atoms with Crippen molar-refractivity contribution in [2.24, 2.45) is 0 Å². The summed E-state index contributed by atoms with van der Waals surface area (Å²) in [6.07, 6.45) is 1.09. The fourth-order valence-electron chi connectivity index (χ4n) is 3.21. The molecule has 0 heterocycles. The molecule has 2 rings (SSSR count). The van der Waals surface area contributed by atoms with Gasteiger partial charge in [-0.15, -0.1) is 0 Å². The van der Waals surface area contributed by atoms with Gasteiger partial charge in [-0.05, 0) is 56.9 Å². The zero-order chi connectivity index (χ0) is 19.2. The van der Waals surface area contributed by atoms with Crippen LogP contribution in [0.25, 0.3) is 0 Å². The Labute approximate surface area is 156 Å². The number of aliphatic hydroxyl groups excluding tert-OH is 1. The molecule has 6 heteroatoms. The Morgan fingerprint density at radius 1 is 1.04 bits per heavy atom. The lowest BCUT2D eigenvalue weighted by Gasteiger charge is -2.21. The second-order valence-corrected chi connectivity index (χ2v) is 8.31. The Hall–Kier alpha value is -1.89. The summed E-state index contributed by atoms with van der Waals surface area (Å²) in [5, 5.41) is 12.4. The van der Waals surface area contributed by atoms with Crippen LogP contribution in [0.2, 0.25) is 0 Å². The van der Waals surface area contributed by atoms with Crippen LogP contribution in [-0.2, 0) is 10.0 Å². The monoisotopic (exact) mass is 376 g/mol. The van der Waals surface area contributed by atoms with Crippen LogP contribution in [0.15, 0.2) is 47.4 Å². The fourth-order valence-corrected chi connectivity index (χ4v) is 4.93. The average molecular weight is 377 g/mol. The molecule has 0 fully saturated rings. The van der Waals surface area contributed by atoms with Crippen molar-refractivity contribution in [3.8, 4) is 0 Å². The number of aryl methyl sites for hydroxylation is 3. The molecular weight excluding hydrogens is 348 g/mol. The lowest BCUT2D eigenvalue weighted by Crippen LogP contribution is -2.40. The minimum Gasteiger partial charge on any atom is -0.396 e. The molecule has 0 aliphatic heterocycles. The topological polar surface area (TPSA) is 78.4 Å². The molecule has 0 aliphatic carbocycles. The largest absolute Gasteiger partial charge is 0.396 e. The molecule has 26 heavy (non-hydrogen) atoms. The first-order valence-electron chi connectivity index (χ1n) is 8.83. The van der Waals surface area contributed by atoms with Gasteiger partial charge in [-0.3, -0.25) is 0 Å². The highest BCUT2D eigenvalue weighted by molar-refractivity contribution is 7.89. The maximum Gasteiger partial charge on any atom is 0.241 e. The predicted molar refractivity (Wildman–Crippen MR) is 106 cm³/mol. The number of aliphatic hydroxyl groups is 1. The van der Waals surface area contributed by atoms with Crippen molar-refractivity contribution < 1.29 is 13.5 Å². The van der Waals surface area contributed by atoms with E-state index in [0.717, 1.165) is 22.4 Å². The molecule has 2 aromatic rings. The molecular formula is C20H28N2O3S. The van der Waals surface area contributed by atoms with E-state index in [-0.39, 0.29) is 12.6 Å². The van der Waals surface area contributed by atoms with E-state index in [1.54, 1.807) is 0 Å². The Morgan fingerprint density at radius 3 is 2.23 bits per heavy atom. The maximum atomic E-state index is 13.0. The van der Waals surface area contributed by atoms with E-state index in [2.05, 4.69) is 10.0 Å². The van der Waals surface area contributed by atoms with Crippen LogP contribution in [0, 0.1) is 20.8 Å². The number of nitrogens with one attached hydrogen (secondary N) is 2. The third kappa shape index (κ3) is 5.56. The van der Waals surface area contributed by atoms with Gasteiger partial charge in [0.15, 0.2) is 0 Å². The summed E-state index contributed by atoms with van der Waals surface area (Å²) < 4.78 is 28.8. The number of rotatable bonds is 9. The highest BCUT2D eigenvalue weighted by Crippen LogP contribution is 2.22. The number of benzene rings is 2. The molecule has 0 amide bonds. The second kappa shape index (κ2) is 9.16. The SMILES string of the molecule is Cc1cc(C)c(S(=O)(=O)NC(CCCO)CNc2ccccc2)c(C)c1. The summed E-state index contributed by atoms with van der Waals surface area (Å²) in [6, 6.07) is 13.1. The van der Waals surface area contributed by atoms with Crippen LogP contribution < -0.4 is 10.0 Å². The van der Waals surface area contributed by atoms with E-state index in [0.29, 0.717) is 24.3 Å². The van der Waals surface area contributed by atoms with Gasteiger partial charge in [0.1, 0.15) is 0 Å². The highest BCUT2D eigenvalue weighted by Gasteiger charge is 2.23. The fraction of sp³-hybridized carbons (Fsp3) is 0.400. The van der Waals surface area contributed by atoms with Crippen LogP contribution >= 0.6 is 0 Å². The standard InChI is InChI=1S/C20H28N2O3S/c1-15-12-16(2)20(17(3)13-15)26(24,25)22-19(10-7-11-23)14-21-18-8-5-4-6-9-18/h4-6,8-9,12-13,19,21-23H,7,10-11,14H2,1-3H3. The van der Waals surface area contributed by atoms with Crippen molar-refractivity contribution >= 4 is 15.7 Å².